The lowest BCUT2D eigenvalue weighted by Gasteiger charge is -2.14. The highest BCUT2D eigenvalue weighted by molar-refractivity contribution is 14.1. The van der Waals surface area contributed by atoms with Crippen LogP contribution in [0.4, 0.5) is 17.6 Å². The van der Waals surface area contributed by atoms with E-state index in [0.717, 1.165) is 6.20 Å². The predicted molar refractivity (Wildman–Crippen MR) is 59.8 cm³/mol. The molecule has 0 spiro atoms. The maximum Gasteiger partial charge on any atom is 0.573 e. The molecule has 0 bridgehead atoms. The van der Waals surface area contributed by atoms with E-state index in [4.69, 9.17) is 5.11 Å². The van der Waals surface area contributed by atoms with Crippen molar-refractivity contribution in [3.05, 3.63) is 21.0 Å². The van der Waals surface area contributed by atoms with Crippen LogP contribution in [-0.2, 0) is 17.9 Å². The smallest absolute Gasteiger partial charge is 0.481 e. The zero-order valence-electron chi connectivity index (χ0n) is 8.59. The Morgan fingerprint density at radius 3 is 2.56 bits per heavy atom. The molecule has 0 aliphatic rings. The number of carbonyl (C=O) groups is 1. The van der Waals surface area contributed by atoms with Crippen molar-refractivity contribution in [3.63, 3.8) is 0 Å². The number of aromatic nitrogens is 1. The van der Waals surface area contributed by atoms with Gasteiger partial charge in [0, 0.05) is 11.8 Å². The summed E-state index contributed by atoms with van der Waals surface area (Å²) in [5.74, 6) is -2.00. The van der Waals surface area contributed by atoms with Crippen molar-refractivity contribution in [1.82, 2.24) is 4.98 Å². The zero-order valence-corrected chi connectivity index (χ0v) is 10.7. The van der Waals surface area contributed by atoms with Gasteiger partial charge in [-0.3, -0.25) is 9.78 Å². The quantitative estimate of drug-likeness (QED) is 0.646. The van der Waals surface area contributed by atoms with Gasteiger partial charge in [-0.2, -0.15) is 0 Å². The third-order valence-electron chi connectivity index (χ3n) is 1.80. The Morgan fingerprint density at radius 1 is 1.50 bits per heavy atom. The Hall–Kier alpha value is -1.13. The molecule has 0 saturated carbocycles. The Balaban J connectivity index is 3.22. The number of nitrogens with zero attached hydrogens (tertiary/aromatic N) is 1. The topological polar surface area (TPSA) is 59.4 Å². The molecule has 1 aromatic rings. The number of halogens is 5. The highest BCUT2D eigenvalue weighted by Crippen LogP contribution is 2.33. The molecule has 1 heterocycles. The van der Waals surface area contributed by atoms with Gasteiger partial charge in [-0.15, -0.1) is 13.2 Å². The van der Waals surface area contributed by atoms with Gasteiger partial charge in [-0.1, -0.05) is 0 Å². The monoisotopic (exact) mass is 379 g/mol. The maximum atomic E-state index is 12.5. The summed E-state index contributed by atoms with van der Waals surface area (Å²) >= 11 is 1.45. The average molecular weight is 379 g/mol. The van der Waals surface area contributed by atoms with Crippen molar-refractivity contribution < 1.29 is 32.2 Å². The van der Waals surface area contributed by atoms with Crippen LogP contribution in [0.25, 0.3) is 0 Å². The highest BCUT2D eigenvalue weighted by Gasteiger charge is 2.34. The Labute approximate surface area is 112 Å². The van der Waals surface area contributed by atoms with Crippen molar-refractivity contribution >= 4 is 28.6 Å². The largest absolute Gasteiger partial charge is 0.573 e. The van der Waals surface area contributed by atoms with Crippen LogP contribution in [0, 0.1) is 3.57 Å². The third-order valence-corrected chi connectivity index (χ3v) is 2.91. The number of aliphatic carboxylic acids is 1. The van der Waals surface area contributed by atoms with Crippen molar-refractivity contribution in [2.24, 2.45) is 0 Å². The first kappa shape index (κ1) is 14.9. The van der Waals surface area contributed by atoms with E-state index in [9.17, 15) is 22.4 Å². The maximum absolute atomic E-state index is 12.5. The minimum atomic E-state index is -4.98. The molecular formula is C9H6F4INO3. The molecule has 0 unspecified atom stereocenters. The molecule has 0 radical (unpaired) electrons. The first-order chi connectivity index (χ1) is 8.24. The summed E-state index contributed by atoms with van der Waals surface area (Å²) < 4.78 is 52.5. The second-order valence-electron chi connectivity index (χ2n) is 3.13. The van der Waals surface area contributed by atoms with Crippen molar-refractivity contribution in [1.29, 1.82) is 0 Å². The number of hydrogen-bond donors (Lipinski definition) is 1. The van der Waals surface area contributed by atoms with E-state index in [1.54, 1.807) is 0 Å². The molecule has 4 nitrogen and oxygen atoms in total. The number of rotatable bonds is 4. The second kappa shape index (κ2) is 5.67. The van der Waals surface area contributed by atoms with Crippen molar-refractivity contribution in [2.45, 2.75) is 19.5 Å². The van der Waals surface area contributed by atoms with E-state index >= 15 is 0 Å². The van der Waals surface area contributed by atoms with Gasteiger partial charge >= 0.3 is 12.3 Å². The fourth-order valence-electron chi connectivity index (χ4n) is 1.13. The van der Waals surface area contributed by atoms with Gasteiger partial charge in [0.25, 0.3) is 0 Å². The van der Waals surface area contributed by atoms with Gasteiger partial charge in [0.1, 0.15) is 6.67 Å². The standard InChI is InChI=1S/C9H6F4INO3/c10-2-4-3-15-5(1-6(16)17)7(14)8(4)18-9(11,12)13/h3H,1-2H2,(H,16,17). The van der Waals surface area contributed by atoms with E-state index in [2.05, 4.69) is 9.72 Å². The Morgan fingerprint density at radius 2 is 2.11 bits per heavy atom. The molecule has 0 atom stereocenters. The van der Waals surface area contributed by atoms with Crippen LogP contribution in [0.2, 0.25) is 0 Å². The van der Waals surface area contributed by atoms with Crippen LogP contribution < -0.4 is 4.74 Å². The van der Waals surface area contributed by atoms with Gasteiger partial charge in [0.15, 0.2) is 5.75 Å². The van der Waals surface area contributed by atoms with E-state index in [1.807, 2.05) is 0 Å². The lowest BCUT2D eigenvalue weighted by Crippen LogP contribution is -2.20. The second-order valence-corrected chi connectivity index (χ2v) is 4.20. The van der Waals surface area contributed by atoms with Crippen LogP contribution in [-0.4, -0.2) is 22.4 Å². The van der Waals surface area contributed by atoms with Gasteiger partial charge in [-0.05, 0) is 22.6 Å². The summed E-state index contributed by atoms with van der Waals surface area (Å²) in [5, 5.41) is 8.56. The average Bonchev–Trinajstić information content (AvgIpc) is 2.22. The molecule has 0 aliphatic carbocycles. The molecule has 0 fully saturated rings. The summed E-state index contributed by atoms with van der Waals surface area (Å²) in [7, 11) is 0. The number of alkyl halides is 4. The molecular weight excluding hydrogens is 373 g/mol. The molecule has 0 saturated heterocycles. The molecule has 9 heteroatoms. The van der Waals surface area contributed by atoms with Crippen molar-refractivity contribution in [3.8, 4) is 5.75 Å². The summed E-state index contributed by atoms with van der Waals surface area (Å²) in [6.45, 7) is -1.19. The summed E-state index contributed by atoms with van der Waals surface area (Å²) in [6, 6.07) is 0. The fraction of sp³-hybridized carbons (Fsp3) is 0.333. The van der Waals surface area contributed by atoms with Gasteiger partial charge in [0.05, 0.1) is 15.7 Å². The molecule has 1 rings (SSSR count). The Bertz CT molecular complexity index is 464. The van der Waals surface area contributed by atoms with Gasteiger partial charge < -0.3 is 9.84 Å². The SMILES string of the molecule is O=C(O)Cc1ncc(CF)c(OC(F)(F)F)c1I. The van der Waals surface area contributed by atoms with Gasteiger partial charge in [-0.25, -0.2) is 4.39 Å². The minimum absolute atomic E-state index is 0.112. The number of hydrogen-bond acceptors (Lipinski definition) is 3. The first-order valence-corrected chi connectivity index (χ1v) is 5.52. The van der Waals surface area contributed by atoms with Crippen molar-refractivity contribution in [2.75, 3.05) is 0 Å². The number of ether oxygens (including phenoxy) is 1. The van der Waals surface area contributed by atoms with Gasteiger partial charge in [0.2, 0.25) is 0 Å². The van der Waals surface area contributed by atoms with E-state index < -0.39 is 31.2 Å². The normalized spacial score (nSPS) is 11.4. The van der Waals surface area contributed by atoms with E-state index in [0.29, 0.717) is 0 Å². The molecule has 1 aromatic heterocycles. The van der Waals surface area contributed by atoms with Crippen LogP contribution >= 0.6 is 22.6 Å². The lowest BCUT2D eigenvalue weighted by molar-refractivity contribution is -0.275. The number of carboxylic acids is 1. The van der Waals surface area contributed by atoms with E-state index in [-0.39, 0.29) is 14.8 Å². The van der Waals surface area contributed by atoms with E-state index in [1.165, 1.54) is 22.6 Å². The van der Waals surface area contributed by atoms with Crippen LogP contribution in [0.15, 0.2) is 6.20 Å². The molecule has 0 aromatic carbocycles. The lowest BCUT2D eigenvalue weighted by atomic mass is 10.2. The summed E-state index contributed by atoms with van der Waals surface area (Å²) in [5.41, 5.74) is -0.495. The first-order valence-electron chi connectivity index (χ1n) is 4.44. The number of carboxylic acid groups (broad SMARTS) is 1. The molecule has 0 amide bonds. The minimum Gasteiger partial charge on any atom is -0.481 e. The van der Waals surface area contributed by atoms with Crippen LogP contribution in [0.1, 0.15) is 11.3 Å². The third kappa shape index (κ3) is 3.96. The molecule has 0 aliphatic heterocycles. The van der Waals surface area contributed by atoms with Crippen LogP contribution in [0.3, 0.4) is 0 Å². The molecule has 100 valence electrons. The zero-order chi connectivity index (χ0) is 13.9. The Kier molecular flexibility index (Phi) is 4.71. The molecule has 18 heavy (non-hydrogen) atoms. The highest BCUT2D eigenvalue weighted by atomic mass is 127. The molecule has 1 N–H and O–H groups in total. The summed E-state index contributed by atoms with van der Waals surface area (Å²) in [6.07, 6.45) is -4.72. The fourth-order valence-corrected chi connectivity index (χ4v) is 1.92. The number of pyridine rings is 1. The predicted octanol–water partition coefficient (Wildman–Crippen LogP) is 2.68. The summed E-state index contributed by atoms with van der Waals surface area (Å²) in [4.78, 5) is 14.1. The van der Waals surface area contributed by atoms with Crippen LogP contribution in [0.5, 0.6) is 5.75 Å².